The van der Waals surface area contributed by atoms with Gasteiger partial charge in [0.15, 0.2) is 5.78 Å². The van der Waals surface area contributed by atoms with Gasteiger partial charge in [-0.3, -0.25) is 4.79 Å². The van der Waals surface area contributed by atoms with Crippen LogP contribution in [0.1, 0.15) is 22.3 Å². The van der Waals surface area contributed by atoms with Crippen molar-refractivity contribution >= 4 is 5.78 Å². The fourth-order valence-corrected chi connectivity index (χ4v) is 2.64. The molecule has 146 valence electrons. The predicted octanol–water partition coefficient (Wildman–Crippen LogP) is 2.82. The van der Waals surface area contributed by atoms with E-state index in [1.165, 1.54) is 14.2 Å². The molecule has 0 saturated heterocycles. The molecule has 27 heavy (non-hydrogen) atoms. The second-order valence-corrected chi connectivity index (χ2v) is 6.03. The van der Waals surface area contributed by atoms with Crippen LogP contribution in [0.25, 0.3) is 0 Å². The van der Waals surface area contributed by atoms with Crippen molar-refractivity contribution in [3.63, 3.8) is 0 Å². The fourth-order valence-electron chi connectivity index (χ4n) is 2.64. The minimum absolute atomic E-state index is 0.00236. The summed E-state index contributed by atoms with van der Waals surface area (Å²) < 4.78 is 20.9. The molecule has 0 aliphatic carbocycles. The Kier molecular flexibility index (Phi) is 7.43. The highest BCUT2D eigenvalue weighted by Crippen LogP contribution is 2.25. The van der Waals surface area contributed by atoms with E-state index in [0.717, 1.165) is 17.1 Å². The largest absolute Gasteiger partial charge is 0.497 e. The van der Waals surface area contributed by atoms with Gasteiger partial charge in [-0.15, -0.1) is 0 Å². The first-order valence-corrected chi connectivity index (χ1v) is 8.53. The number of ketones is 1. The molecular formula is C20H26N2O5. The quantitative estimate of drug-likeness (QED) is 0.592. The van der Waals surface area contributed by atoms with Crippen LogP contribution in [0, 0.1) is 0 Å². The van der Waals surface area contributed by atoms with Crippen LogP contribution in [0.4, 0.5) is 0 Å². The van der Waals surface area contributed by atoms with Crippen LogP contribution < -0.4 is 18.9 Å². The summed E-state index contributed by atoms with van der Waals surface area (Å²) in [6, 6.07) is 8.96. The average molecular weight is 374 g/mol. The zero-order valence-corrected chi connectivity index (χ0v) is 16.4. The molecule has 0 amide bonds. The van der Waals surface area contributed by atoms with E-state index in [-0.39, 0.29) is 5.78 Å². The Morgan fingerprint density at radius 2 is 1.63 bits per heavy atom. The number of rotatable bonds is 10. The number of hydrogen-bond donors (Lipinski definition) is 0. The Morgan fingerprint density at radius 3 is 2.19 bits per heavy atom. The number of nitrogens with zero attached hydrogens (tertiary/aromatic N) is 2. The van der Waals surface area contributed by atoms with Crippen molar-refractivity contribution in [3.05, 3.63) is 41.5 Å². The van der Waals surface area contributed by atoms with Crippen molar-refractivity contribution in [2.45, 2.75) is 13.0 Å². The van der Waals surface area contributed by atoms with Crippen molar-refractivity contribution in [1.82, 2.24) is 9.88 Å². The minimum Gasteiger partial charge on any atom is -0.497 e. The van der Waals surface area contributed by atoms with Gasteiger partial charge in [0.2, 0.25) is 11.8 Å². The maximum absolute atomic E-state index is 12.5. The Balaban J connectivity index is 1.99. The predicted molar refractivity (Wildman–Crippen MR) is 102 cm³/mol. The number of carbonyl (C=O) groups is 1. The Labute approximate surface area is 159 Å². The van der Waals surface area contributed by atoms with Crippen LogP contribution in [0.5, 0.6) is 23.3 Å². The Morgan fingerprint density at radius 1 is 0.963 bits per heavy atom. The molecule has 0 atom stereocenters. The molecule has 2 rings (SSSR count). The number of hydrogen-bond acceptors (Lipinski definition) is 7. The summed E-state index contributed by atoms with van der Waals surface area (Å²) in [4.78, 5) is 18.7. The normalized spacial score (nSPS) is 10.6. The second kappa shape index (κ2) is 9.78. The van der Waals surface area contributed by atoms with Crippen LogP contribution in [-0.2, 0) is 6.54 Å². The van der Waals surface area contributed by atoms with Gasteiger partial charge in [-0.05, 0) is 13.1 Å². The molecule has 7 heteroatoms. The highest BCUT2D eigenvalue weighted by atomic mass is 16.5. The number of methoxy groups -OCH3 is 4. The molecule has 7 nitrogen and oxygen atoms in total. The zero-order valence-electron chi connectivity index (χ0n) is 16.4. The molecule has 0 aliphatic heterocycles. The summed E-state index contributed by atoms with van der Waals surface area (Å²) in [6.07, 6.45) is 0.366. The van der Waals surface area contributed by atoms with E-state index in [4.69, 9.17) is 18.9 Å². The number of benzene rings is 1. The minimum atomic E-state index is 0.00236. The summed E-state index contributed by atoms with van der Waals surface area (Å²) in [7, 11) is 8.23. The highest BCUT2D eigenvalue weighted by molar-refractivity contribution is 5.96. The van der Waals surface area contributed by atoms with Crippen LogP contribution >= 0.6 is 0 Å². The number of pyridine rings is 1. The number of Topliss-reactive ketones (excluding diaryl/α,β-unsaturated/α-hetero) is 1. The molecule has 0 unspecified atom stereocenters. The van der Waals surface area contributed by atoms with Gasteiger partial charge in [0.25, 0.3) is 0 Å². The summed E-state index contributed by atoms with van der Waals surface area (Å²) in [6.45, 7) is 1.25. The molecule has 0 radical (unpaired) electrons. The van der Waals surface area contributed by atoms with Gasteiger partial charge >= 0.3 is 0 Å². The monoisotopic (exact) mass is 374 g/mol. The molecule has 2 aromatic rings. The summed E-state index contributed by atoms with van der Waals surface area (Å²) in [5.41, 5.74) is 1.55. The first-order chi connectivity index (χ1) is 13.0. The summed E-state index contributed by atoms with van der Waals surface area (Å²) in [5, 5.41) is 0. The lowest BCUT2D eigenvalue weighted by atomic mass is 10.1. The van der Waals surface area contributed by atoms with Gasteiger partial charge in [0.1, 0.15) is 11.5 Å². The molecule has 0 spiro atoms. The van der Waals surface area contributed by atoms with E-state index in [9.17, 15) is 4.79 Å². The van der Waals surface area contributed by atoms with Gasteiger partial charge in [0.05, 0.1) is 28.4 Å². The molecule has 1 heterocycles. The number of aromatic nitrogens is 1. The lowest BCUT2D eigenvalue weighted by Gasteiger charge is -2.18. The van der Waals surface area contributed by atoms with Crippen LogP contribution in [0.3, 0.4) is 0 Å². The lowest BCUT2D eigenvalue weighted by molar-refractivity contribution is 0.0966. The lowest BCUT2D eigenvalue weighted by Crippen LogP contribution is -2.22. The third-order valence-electron chi connectivity index (χ3n) is 4.17. The standard InChI is InChI=1S/C20H26N2O5/c1-22(13-14-6-7-16(24-2)12-18(14)25-3)9-8-17(23)15-10-19(26-4)21-20(11-15)27-5/h6-7,10-12H,8-9,13H2,1-5H3. The van der Waals surface area contributed by atoms with Crippen molar-refractivity contribution < 1.29 is 23.7 Å². The van der Waals surface area contributed by atoms with E-state index in [2.05, 4.69) is 9.88 Å². The van der Waals surface area contributed by atoms with Gasteiger partial charge in [0, 0.05) is 48.8 Å². The van der Waals surface area contributed by atoms with Crippen molar-refractivity contribution in [2.24, 2.45) is 0 Å². The third kappa shape index (κ3) is 5.59. The van der Waals surface area contributed by atoms with Gasteiger partial charge in [-0.1, -0.05) is 6.07 Å². The van der Waals surface area contributed by atoms with Crippen LogP contribution in [-0.4, -0.2) is 57.7 Å². The number of carbonyl (C=O) groups excluding carboxylic acids is 1. The molecule has 0 N–H and O–H groups in total. The zero-order chi connectivity index (χ0) is 19.8. The molecule has 0 fully saturated rings. The van der Waals surface area contributed by atoms with Crippen LogP contribution in [0.15, 0.2) is 30.3 Å². The van der Waals surface area contributed by atoms with E-state index in [1.807, 2.05) is 25.2 Å². The van der Waals surface area contributed by atoms with Gasteiger partial charge in [-0.25, -0.2) is 0 Å². The maximum atomic E-state index is 12.5. The average Bonchev–Trinajstić information content (AvgIpc) is 2.71. The molecule has 0 aliphatic rings. The van der Waals surface area contributed by atoms with Crippen molar-refractivity contribution in [3.8, 4) is 23.3 Å². The SMILES string of the molecule is COc1ccc(CN(C)CCC(=O)c2cc(OC)nc(OC)c2)c(OC)c1. The van der Waals surface area contributed by atoms with E-state index < -0.39 is 0 Å². The van der Waals surface area contributed by atoms with E-state index in [1.54, 1.807) is 26.4 Å². The molecule has 1 aromatic heterocycles. The summed E-state index contributed by atoms with van der Waals surface area (Å²) >= 11 is 0. The third-order valence-corrected chi connectivity index (χ3v) is 4.17. The van der Waals surface area contributed by atoms with E-state index in [0.29, 0.717) is 36.8 Å². The fraction of sp³-hybridized carbons (Fsp3) is 0.400. The van der Waals surface area contributed by atoms with Gasteiger partial charge < -0.3 is 23.8 Å². The smallest absolute Gasteiger partial charge is 0.216 e. The molecular weight excluding hydrogens is 348 g/mol. The first-order valence-electron chi connectivity index (χ1n) is 8.53. The maximum Gasteiger partial charge on any atom is 0.216 e. The highest BCUT2D eigenvalue weighted by Gasteiger charge is 2.13. The van der Waals surface area contributed by atoms with E-state index >= 15 is 0 Å². The van der Waals surface area contributed by atoms with Gasteiger partial charge in [-0.2, -0.15) is 4.98 Å². The van der Waals surface area contributed by atoms with Crippen molar-refractivity contribution in [2.75, 3.05) is 42.0 Å². The van der Waals surface area contributed by atoms with Crippen molar-refractivity contribution in [1.29, 1.82) is 0 Å². The Bertz CT molecular complexity index is 757. The topological polar surface area (TPSA) is 70.1 Å². The second-order valence-electron chi connectivity index (χ2n) is 6.03. The molecule has 0 bridgehead atoms. The van der Waals surface area contributed by atoms with Crippen LogP contribution in [0.2, 0.25) is 0 Å². The molecule has 0 saturated carbocycles. The first kappa shape index (κ1) is 20.5. The number of ether oxygens (including phenoxy) is 4. The summed E-state index contributed by atoms with van der Waals surface area (Å²) in [5.74, 6) is 2.22. The molecule has 1 aromatic carbocycles. The Hall–Kier alpha value is -2.80.